The summed E-state index contributed by atoms with van der Waals surface area (Å²) in [5, 5.41) is 7.08. The molecule has 9 aromatic rings. The van der Waals surface area contributed by atoms with Gasteiger partial charge in [-0.1, -0.05) is 140 Å². The molecular weight excluding hydrogens is 599 g/mol. The van der Waals surface area contributed by atoms with Gasteiger partial charge in [0, 0.05) is 27.6 Å². The van der Waals surface area contributed by atoms with Crippen LogP contribution < -0.4 is 4.74 Å². The minimum absolute atomic E-state index is 0.652. The van der Waals surface area contributed by atoms with Crippen molar-refractivity contribution >= 4 is 32.3 Å². The number of nitrogens with zero attached hydrogens (tertiary/aromatic N) is 3. The molecule has 0 atom stereocenters. The predicted octanol–water partition coefficient (Wildman–Crippen LogP) is 11.8. The Balaban J connectivity index is 1.07. The fraction of sp³-hybridized carbons (Fsp3) is 0. The molecule has 4 nitrogen and oxygen atoms in total. The molecule has 1 aliphatic rings. The number of para-hydroxylation sites is 1. The molecule has 0 saturated carbocycles. The van der Waals surface area contributed by atoms with Crippen molar-refractivity contribution in [1.82, 2.24) is 15.0 Å². The third-order valence-corrected chi connectivity index (χ3v) is 9.50. The molecule has 0 saturated heterocycles. The van der Waals surface area contributed by atoms with E-state index in [2.05, 4.69) is 91.0 Å². The van der Waals surface area contributed by atoms with Gasteiger partial charge in [-0.25, -0.2) is 15.0 Å². The van der Waals surface area contributed by atoms with Crippen LogP contribution in [0, 0.1) is 0 Å². The maximum atomic E-state index is 6.35. The highest BCUT2D eigenvalue weighted by molar-refractivity contribution is 6.12. The highest BCUT2D eigenvalue weighted by Crippen LogP contribution is 2.48. The lowest BCUT2D eigenvalue weighted by atomic mass is 9.89. The SMILES string of the molecule is c1ccc(-c2nc(-c3ccccc3)nc(-c3ccc4c(ccc5cc(-c6ccc7c8c(cccc68)-c6ccccc6O7)ccc54)c3)n2)cc1. The van der Waals surface area contributed by atoms with Gasteiger partial charge in [-0.15, -0.1) is 0 Å². The lowest BCUT2D eigenvalue weighted by Gasteiger charge is -2.22. The molecule has 228 valence electrons. The second-order valence-electron chi connectivity index (χ2n) is 12.4. The lowest BCUT2D eigenvalue weighted by Crippen LogP contribution is -2.00. The van der Waals surface area contributed by atoms with E-state index in [-0.39, 0.29) is 0 Å². The van der Waals surface area contributed by atoms with E-state index in [1.165, 1.54) is 38.2 Å². The number of aromatic nitrogens is 3. The molecule has 0 spiro atoms. The first-order chi connectivity index (χ1) is 24.3. The van der Waals surface area contributed by atoms with Crippen LogP contribution in [0.15, 0.2) is 164 Å². The van der Waals surface area contributed by atoms with E-state index < -0.39 is 0 Å². The molecule has 10 rings (SSSR count). The fourth-order valence-corrected chi connectivity index (χ4v) is 7.15. The van der Waals surface area contributed by atoms with Gasteiger partial charge in [-0.05, 0) is 67.9 Å². The van der Waals surface area contributed by atoms with Crippen molar-refractivity contribution in [3.05, 3.63) is 164 Å². The standard InChI is InChI=1S/C45H27N3O/c1-3-10-28(11-4-1)43-46-44(29-12-5-2-6-13-29)48-45(47-43)33-21-23-35-31(27-33)19-18-30-26-32(20-22-34(30)35)36-24-25-41-42-38(36)15-9-16-39(42)37-14-7-8-17-40(37)49-41/h1-27H. The van der Waals surface area contributed by atoms with Crippen molar-refractivity contribution in [2.45, 2.75) is 0 Å². The van der Waals surface area contributed by atoms with Crippen LogP contribution in [0.3, 0.4) is 0 Å². The van der Waals surface area contributed by atoms with E-state index in [1.807, 2.05) is 72.8 Å². The zero-order chi connectivity index (χ0) is 32.3. The zero-order valence-corrected chi connectivity index (χ0v) is 26.3. The van der Waals surface area contributed by atoms with Crippen molar-refractivity contribution in [3.8, 4) is 67.9 Å². The largest absolute Gasteiger partial charge is 0.456 e. The summed E-state index contributed by atoms with van der Waals surface area (Å²) in [6.07, 6.45) is 0. The predicted molar refractivity (Wildman–Crippen MR) is 200 cm³/mol. The summed E-state index contributed by atoms with van der Waals surface area (Å²) in [6.45, 7) is 0. The number of ether oxygens (including phenoxy) is 1. The highest BCUT2D eigenvalue weighted by atomic mass is 16.5. The van der Waals surface area contributed by atoms with Crippen LogP contribution in [0.5, 0.6) is 11.5 Å². The number of hydrogen-bond acceptors (Lipinski definition) is 4. The second-order valence-corrected chi connectivity index (χ2v) is 12.4. The van der Waals surface area contributed by atoms with Gasteiger partial charge in [0.25, 0.3) is 0 Å². The summed E-state index contributed by atoms with van der Waals surface area (Å²) in [4.78, 5) is 14.7. The Morgan fingerprint density at radius 3 is 1.59 bits per heavy atom. The van der Waals surface area contributed by atoms with Crippen LogP contribution in [0.1, 0.15) is 0 Å². The first-order valence-electron chi connectivity index (χ1n) is 16.4. The maximum absolute atomic E-state index is 6.35. The Labute approximate surface area is 283 Å². The lowest BCUT2D eigenvalue weighted by molar-refractivity contribution is 0.487. The number of benzene rings is 8. The van der Waals surface area contributed by atoms with Gasteiger partial charge in [0.05, 0.1) is 0 Å². The smallest absolute Gasteiger partial charge is 0.164 e. The Kier molecular flexibility index (Phi) is 6.15. The third kappa shape index (κ3) is 4.57. The molecule has 49 heavy (non-hydrogen) atoms. The van der Waals surface area contributed by atoms with E-state index in [4.69, 9.17) is 19.7 Å². The van der Waals surface area contributed by atoms with Crippen LogP contribution in [-0.4, -0.2) is 15.0 Å². The average molecular weight is 626 g/mol. The summed E-state index contributed by atoms with van der Waals surface area (Å²) >= 11 is 0. The fourth-order valence-electron chi connectivity index (χ4n) is 7.15. The van der Waals surface area contributed by atoms with Gasteiger partial charge in [0.15, 0.2) is 17.5 Å². The van der Waals surface area contributed by atoms with Gasteiger partial charge in [0.1, 0.15) is 11.5 Å². The Bertz CT molecular complexity index is 2680. The van der Waals surface area contributed by atoms with Crippen LogP contribution in [0.2, 0.25) is 0 Å². The number of fused-ring (bicyclic) bond motifs is 5. The molecule has 0 bridgehead atoms. The van der Waals surface area contributed by atoms with Gasteiger partial charge in [-0.3, -0.25) is 0 Å². The minimum atomic E-state index is 0.652. The molecule has 2 heterocycles. The molecule has 0 unspecified atom stereocenters. The zero-order valence-electron chi connectivity index (χ0n) is 26.3. The summed E-state index contributed by atoms with van der Waals surface area (Å²) in [5.74, 6) is 3.77. The molecule has 1 aliphatic heterocycles. The second kappa shape index (κ2) is 11.0. The quantitative estimate of drug-likeness (QED) is 0.183. The number of hydrogen-bond donors (Lipinski definition) is 0. The van der Waals surface area contributed by atoms with E-state index in [9.17, 15) is 0 Å². The highest BCUT2D eigenvalue weighted by Gasteiger charge is 2.21. The van der Waals surface area contributed by atoms with Crippen LogP contribution >= 0.6 is 0 Å². The van der Waals surface area contributed by atoms with Crippen molar-refractivity contribution in [1.29, 1.82) is 0 Å². The molecule has 0 N–H and O–H groups in total. The molecule has 0 fully saturated rings. The molecule has 0 radical (unpaired) electrons. The molecular formula is C45H27N3O. The van der Waals surface area contributed by atoms with Crippen molar-refractivity contribution in [2.75, 3.05) is 0 Å². The molecule has 0 amide bonds. The summed E-state index contributed by atoms with van der Waals surface area (Å²) in [7, 11) is 0. The van der Waals surface area contributed by atoms with Crippen LogP contribution in [-0.2, 0) is 0 Å². The minimum Gasteiger partial charge on any atom is -0.456 e. The van der Waals surface area contributed by atoms with E-state index in [0.29, 0.717) is 17.5 Å². The van der Waals surface area contributed by atoms with Gasteiger partial charge in [-0.2, -0.15) is 0 Å². The van der Waals surface area contributed by atoms with E-state index in [1.54, 1.807) is 0 Å². The molecule has 1 aromatic heterocycles. The first kappa shape index (κ1) is 27.5. The molecule has 8 aromatic carbocycles. The summed E-state index contributed by atoms with van der Waals surface area (Å²) in [5.41, 5.74) is 7.58. The van der Waals surface area contributed by atoms with Crippen LogP contribution in [0.4, 0.5) is 0 Å². The van der Waals surface area contributed by atoms with Gasteiger partial charge >= 0.3 is 0 Å². The topological polar surface area (TPSA) is 47.9 Å². The maximum Gasteiger partial charge on any atom is 0.164 e. The average Bonchev–Trinajstić information content (AvgIpc) is 3.18. The molecule has 0 aliphatic carbocycles. The van der Waals surface area contributed by atoms with E-state index >= 15 is 0 Å². The number of rotatable bonds is 4. The van der Waals surface area contributed by atoms with Crippen molar-refractivity contribution in [3.63, 3.8) is 0 Å². The molecule has 4 heteroatoms. The first-order valence-corrected chi connectivity index (χ1v) is 16.4. The Morgan fingerprint density at radius 2 is 0.898 bits per heavy atom. The third-order valence-electron chi connectivity index (χ3n) is 9.50. The summed E-state index contributed by atoms with van der Waals surface area (Å²) in [6, 6.07) is 57.0. The van der Waals surface area contributed by atoms with Crippen LogP contribution in [0.25, 0.3) is 88.7 Å². The van der Waals surface area contributed by atoms with E-state index in [0.717, 1.165) is 44.5 Å². The normalized spacial score (nSPS) is 11.8. The van der Waals surface area contributed by atoms with Gasteiger partial charge < -0.3 is 4.74 Å². The van der Waals surface area contributed by atoms with Gasteiger partial charge in [0.2, 0.25) is 0 Å². The van der Waals surface area contributed by atoms with Crippen molar-refractivity contribution in [2.24, 2.45) is 0 Å². The van der Waals surface area contributed by atoms with Crippen molar-refractivity contribution < 1.29 is 4.74 Å². The Morgan fingerprint density at radius 1 is 0.327 bits per heavy atom. The summed E-state index contributed by atoms with van der Waals surface area (Å²) < 4.78 is 6.35. The Hall–Kier alpha value is -6.65. The monoisotopic (exact) mass is 625 g/mol.